The zero-order valence-corrected chi connectivity index (χ0v) is 18.5. The average molecular weight is 496 g/mol. The zero-order valence-electron chi connectivity index (χ0n) is 18.5. The zero-order chi connectivity index (χ0) is 26.7. The summed E-state index contributed by atoms with van der Waals surface area (Å²) >= 11 is 0. The third-order valence-electron chi connectivity index (χ3n) is 4.60. The molecule has 192 valence electrons. The molecule has 0 fully saturated rings. The molecule has 1 aromatic carbocycles. The molecular formula is C20H28N6O9. The van der Waals surface area contributed by atoms with Crippen molar-refractivity contribution in [2.24, 2.45) is 17.2 Å². The molecule has 0 aromatic heterocycles. The Bertz CT molecular complexity index is 953. The first kappa shape index (κ1) is 28.8. The molecule has 0 heterocycles. The van der Waals surface area contributed by atoms with Gasteiger partial charge in [-0.25, -0.2) is 4.79 Å². The highest BCUT2D eigenvalue weighted by atomic mass is 16.4. The molecule has 15 nitrogen and oxygen atoms in total. The van der Waals surface area contributed by atoms with Crippen LogP contribution < -0.4 is 33.2 Å². The van der Waals surface area contributed by atoms with Crippen LogP contribution in [0.3, 0.4) is 0 Å². The molecule has 1 rings (SSSR count). The first-order valence-electron chi connectivity index (χ1n) is 10.2. The van der Waals surface area contributed by atoms with Gasteiger partial charge in [0, 0.05) is 6.42 Å². The molecule has 0 aliphatic rings. The van der Waals surface area contributed by atoms with E-state index in [1.807, 2.05) is 0 Å². The normalized spacial score (nSPS) is 14.0. The van der Waals surface area contributed by atoms with E-state index in [4.69, 9.17) is 22.3 Å². The number of benzene rings is 1. The summed E-state index contributed by atoms with van der Waals surface area (Å²) in [6.45, 7) is -0.751. The number of hydrogen-bond donors (Lipinski definition) is 9. The second kappa shape index (κ2) is 13.5. The van der Waals surface area contributed by atoms with Gasteiger partial charge in [0.15, 0.2) is 0 Å². The lowest BCUT2D eigenvalue weighted by Crippen LogP contribution is -2.58. The highest BCUT2D eigenvalue weighted by molar-refractivity contribution is 5.96. The smallest absolute Gasteiger partial charge is 0.326 e. The number of aromatic hydroxyl groups is 1. The minimum Gasteiger partial charge on any atom is -0.508 e. The Balaban J connectivity index is 3.18. The first-order chi connectivity index (χ1) is 16.3. The number of carboxylic acid groups (broad SMARTS) is 1. The molecule has 12 N–H and O–H groups in total. The topological polar surface area (TPSA) is 277 Å². The van der Waals surface area contributed by atoms with Crippen molar-refractivity contribution in [3.63, 3.8) is 0 Å². The van der Waals surface area contributed by atoms with Gasteiger partial charge >= 0.3 is 5.97 Å². The van der Waals surface area contributed by atoms with E-state index in [2.05, 4.69) is 16.0 Å². The van der Waals surface area contributed by atoms with Crippen LogP contribution in [0.2, 0.25) is 0 Å². The van der Waals surface area contributed by atoms with Crippen LogP contribution in [0.1, 0.15) is 18.4 Å². The van der Waals surface area contributed by atoms with Crippen LogP contribution in [0, 0.1) is 0 Å². The molecule has 5 amide bonds. The molecular weight excluding hydrogens is 468 g/mol. The number of nitrogens with one attached hydrogen (secondary N) is 3. The Morgan fingerprint density at radius 2 is 1.23 bits per heavy atom. The first-order valence-corrected chi connectivity index (χ1v) is 10.2. The number of phenols is 1. The lowest BCUT2D eigenvalue weighted by Gasteiger charge is -2.24. The van der Waals surface area contributed by atoms with E-state index < -0.39 is 79.1 Å². The van der Waals surface area contributed by atoms with Gasteiger partial charge in [0.05, 0.1) is 19.4 Å². The number of carbonyl (C=O) groups excluding carboxylic acids is 5. The Morgan fingerprint density at radius 3 is 1.71 bits per heavy atom. The van der Waals surface area contributed by atoms with Crippen molar-refractivity contribution in [3.8, 4) is 5.75 Å². The average Bonchev–Trinajstić information content (AvgIpc) is 2.77. The number of phenolic OH excluding ortho intramolecular Hbond substituents is 1. The number of amides is 5. The number of aliphatic hydroxyl groups excluding tert-OH is 1. The largest absolute Gasteiger partial charge is 0.508 e. The predicted molar refractivity (Wildman–Crippen MR) is 118 cm³/mol. The highest BCUT2D eigenvalue weighted by Gasteiger charge is 2.31. The Kier molecular flexibility index (Phi) is 11.1. The number of carboxylic acids is 1. The summed E-state index contributed by atoms with van der Waals surface area (Å²) in [7, 11) is 0. The Morgan fingerprint density at radius 1 is 0.771 bits per heavy atom. The quantitative estimate of drug-likeness (QED) is 0.119. The van der Waals surface area contributed by atoms with Crippen molar-refractivity contribution >= 4 is 35.5 Å². The lowest BCUT2D eigenvalue weighted by atomic mass is 10.0. The minimum atomic E-state index is -1.69. The number of rotatable bonds is 14. The Hall–Kier alpha value is -4.24. The van der Waals surface area contributed by atoms with E-state index in [9.17, 15) is 39.0 Å². The molecule has 0 saturated heterocycles. The molecule has 0 aliphatic heterocycles. The van der Waals surface area contributed by atoms with Gasteiger partial charge in [-0.1, -0.05) is 12.1 Å². The molecule has 0 aliphatic carbocycles. The summed E-state index contributed by atoms with van der Waals surface area (Å²) in [6.07, 6.45) is -1.61. The van der Waals surface area contributed by atoms with E-state index in [1.165, 1.54) is 24.3 Å². The van der Waals surface area contributed by atoms with Crippen molar-refractivity contribution in [3.05, 3.63) is 29.8 Å². The maximum absolute atomic E-state index is 12.8. The van der Waals surface area contributed by atoms with Crippen LogP contribution in [0.5, 0.6) is 5.75 Å². The molecule has 0 saturated carbocycles. The predicted octanol–water partition coefficient (Wildman–Crippen LogP) is -4.46. The van der Waals surface area contributed by atoms with Crippen LogP contribution in [-0.2, 0) is 35.2 Å². The fourth-order valence-corrected chi connectivity index (χ4v) is 2.80. The molecule has 35 heavy (non-hydrogen) atoms. The van der Waals surface area contributed by atoms with Gasteiger partial charge in [0.2, 0.25) is 29.5 Å². The SMILES string of the molecule is NC(=O)CC(NC(=O)C(Cc1ccc(O)cc1)NC(=O)C(CC(N)=O)NC(=O)C(N)CO)C(=O)O. The number of aliphatic hydroxyl groups is 1. The Labute approximate surface area is 199 Å². The fraction of sp³-hybridized carbons (Fsp3) is 0.400. The van der Waals surface area contributed by atoms with E-state index in [1.54, 1.807) is 0 Å². The van der Waals surface area contributed by atoms with Gasteiger partial charge in [0.25, 0.3) is 0 Å². The maximum atomic E-state index is 12.8. The van der Waals surface area contributed by atoms with Crippen molar-refractivity contribution in [1.82, 2.24) is 16.0 Å². The van der Waals surface area contributed by atoms with Crippen LogP contribution in [0.15, 0.2) is 24.3 Å². The molecule has 0 radical (unpaired) electrons. The van der Waals surface area contributed by atoms with Crippen LogP contribution in [0.25, 0.3) is 0 Å². The number of carbonyl (C=O) groups is 6. The van der Waals surface area contributed by atoms with E-state index in [0.717, 1.165) is 0 Å². The van der Waals surface area contributed by atoms with E-state index in [-0.39, 0.29) is 12.2 Å². The summed E-state index contributed by atoms with van der Waals surface area (Å²) < 4.78 is 0. The van der Waals surface area contributed by atoms with Gasteiger partial charge < -0.3 is 48.5 Å². The molecule has 0 bridgehead atoms. The summed E-state index contributed by atoms with van der Waals surface area (Å²) in [5.41, 5.74) is 16.0. The number of primary amides is 2. The second-order valence-corrected chi connectivity index (χ2v) is 7.52. The van der Waals surface area contributed by atoms with Crippen LogP contribution >= 0.6 is 0 Å². The van der Waals surface area contributed by atoms with Gasteiger partial charge in [0.1, 0.15) is 29.9 Å². The number of hydrogen-bond acceptors (Lipinski definition) is 9. The summed E-state index contributed by atoms with van der Waals surface area (Å²) in [5, 5.41) is 34.2. The third kappa shape index (κ3) is 10.1. The molecule has 4 unspecified atom stereocenters. The fourth-order valence-electron chi connectivity index (χ4n) is 2.80. The monoisotopic (exact) mass is 496 g/mol. The van der Waals surface area contributed by atoms with Gasteiger partial charge in [-0.3, -0.25) is 24.0 Å². The van der Waals surface area contributed by atoms with Gasteiger partial charge in [-0.15, -0.1) is 0 Å². The van der Waals surface area contributed by atoms with Gasteiger partial charge in [-0.05, 0) is 17.7 Å². The number of nitrogens with two attached hydrogens (primary N) is 3. The summed E-state index contributed by atoms with van der Waals surface area (Å²) in [5.74, 6) is -6.63. The minimum absolute atomic E-state index is 0.0735. The standard InChI is InChI=1S/C20H28N6O9/c21-11(8-27)17(31)24-13(6-15(22)29)19(33)25-12(5-9-1-3-10(28)4-2-9)18(32)26-14(20(34)35)7-16(23)30/h1-4,11-14,27-28H,5-8,21H2,(H2,22,29)(H2,23,30)(H,24,31)(H,25,33)(H,26,32)(H,34,35). The summed E-state index contributed by atoms with van der Waals surface area (Å²) in [6, 6.07) is -0.639. The lowest BCUT2D eigenvalue weighted by molar-refractivity contribution is -0.143. The van der Waals surface area contributed by atoms with Crippen LogP contribution in [-0.4, -0.2) is 81.6 Å². The summed E-state index contributed by atoms with van der Waals surface area (Å²) in [4.78, 5) is 71.6. The third-order valence-corrected chi connectivity index (χ3v) is 4.60. The van der Waals surface area contributed by atoms with Crippen LogP contribution in [0.4, 0.5) is 0 Å². The van der Waals surface area contributed by atoms with E-state index in [0.29, 0.717) is 5.56 Å². The van der Waals surface area contributed by atoms with Crippen molar-refractivity contribution in [2.75, 3.05) is 6.61 Å². The van der Waals surface area contributed by atoms with E-state index >= 15 is 0 Å². The van der Waals surface area contributed by atoms with Crippen molar-refractivity contribution in [2.45, 2.75) is 43.4 Å². The molecule has 4 atom stereocenters. The van der Waals surface area contributed by atoms with Crippen molar-refractivity contribution < 1.29 is 44.1 Å². The molecule has 0 spiro atoms. The van der Waals surface area contributed by atoms with Crippen molar-refractivity contribution in [1.29, 1.82) is 0 Å². The van der Waals surface area contributed by atoms with Gasteiger partial charge in [-0.2, -0.15) is 0 Å². The number of aliphatic carboxylic acids is 1. The molecule has 15 heteroatoms. The maximum Gasteiger partial charge on any atom is 0.326 e. The second-order valence-electron chi connectivity index (χ2n) is 7.52. The highest BCUT2D eigenvalue weighted by Crippen LogP contribution is 2.12. The molecule has 1 aromatic rings.